The predicted octanol–water partition coefficient (Wildman–Crippen LogP) is 5.06. The lowest BCUT2D eigenvalue weighted by Crippen LogP contribution is -2.27. The van der Waals surface area contributed by atoms with Gasteiger partial charge in [-0.05, 0) is 42.2 Å². The molecule has 1 aliphatic heterocycles. The molecule has 1 aliphatic rings. The van der Waals surface area contributed by atoms with Gasteiger partial charge in [0.05, 0.1) is 17.0 Å². The Hall–Kier alpha value is -3.75. The van der Waals surface area contributed by atoms with Gasteiger partial charge in [0.1, 0.15) is 15.8 Å². The maximum atomic E-state index is 13.6. The number of aromatic nitrogens is 2. The number of nitrogens with zero attached hydrogens (tertiary/aromatic N) is 3. The van der Waals surface area contributed by atoms with Crippen molar-refractivity contribution in [2.45, 2.75) is 19.9 Å². The maximum absolute atomic E-state index is 13.6. The van der Waals surface area contributed by atoms with E-state index in [4.69, 9.17) is 17.2 Å². The van der Waals surface area contributed by atoms with E-state index in [0.29, 0.717) is 39.3 Å². The zero-order chi connectivity index (χ0) is 25.1. The fraction of sp³-hybridized carbons (Fsp3) is 0.143. The number of thiocarbonyl (C=S) groups is 1. The van der Waals surface area contributed by atoms with Gasteiger partial charge in [0.25, 0.3) is 11.5 Å². The summed E-state index contributed by atoms with van der Waals surface area (Å²) in [5.41, 5.74) is 3.74. The molecule has 0 saturated carbocycles. The molecule has 2 aromatic heterocycles. The molecule has 36 heavy (non-hydrogen) atoms. The van der Waals surface area contributed by atoms with Crippen molar-refractivity contribution >= 4 is 51.7 Å². The summed E-state index contributed by atoms with van der Waals surface area (Å²) in [6.07, 6.45) is 4.09. The zero-order valence-corrected chi connectivity index (χ0v) is 21.3. The molecule has 4 aromatic rings. The van der Waals surface area contributed by atoms with Crippen molar-refractivity contribution in [2.75, 3.05) is 11.9 Å². The lowest BCUT2D eigenvalue weighted by molar-refractivity contribution is -0.122. The van der Waals surface area contributed by atoms with Gasteiger partial charge >= 0.3 is 0 Å². The summed E-state index contributed by atoms with van der Waals surface area (Å²) in [4.78, 5) is 33.6. The first-order valence-corrected chi connectivity index (χ1v) is 12.8. The molecule has 0 unspecified atom stereocenters. The Balaban J connectivity index is 1.49. The fourth-order valence-corrected chi connectivity index (χ4v) is 5.32. The van der Waals surface area contributed by atoms with E-state index in [1.165, 1.54) is 21.7 Å². The highest BCUT2D eigenvalue weighted by Crippen LogP contribution is 2.34. The van der Waals surface area contributed by atoms with Gasteiger partial charge in [-0.2, -0.15) is 0 Å². The number of amides is 1. The van der Waals surface area contributed by atoms with Crippen molar-refractivity contribution in [1.82, 2.24) is 14.3 Å². The number of fused-ring (bicyclic) bond motifs is 1. The van der Waals surface area contributed by atoms with Gasteiger partial charge in [0, 0.05) is 12.7 Å². The van der Waals surface area contributed by atoms with E-state index in [9.17, 15) is 9.59 Å². The molecule has 1 saturated heterocycles. The Morgan fingerprint density at radius 1 is 0.972 bits per heavy atom. The van der Waals surface area contributed by atoms with Crippen molar-refractivity contribution in [2.24, 2.45) is 0 Å². The maximum Gasteiger partial charge on any atom is 0.267 e. The van der Waals surface area contributed by atoms with Crippen LogP contribution >= 0.6 is 24.0 Å². The molecule has 180 valence electrons. The van der Waals surface area contributed by atoms with Crippen LogP contribution in [0.5, 0.6) is 0 Å². The first-order valence-electron chi connectivity index (χ1n) is 11.6. The van der Waals surface area contributed by atoms with Crippen molar-refractivity contribution in [3.05, 3.63) is 117 Å². The number of hydrogen-bond donors (Lipinski definition) is 1. The molecule has 1 N–H and O–H groups in total. The predicted molar refractivity (Wildman–Crippen MR) is 150 cm³/mol. The lowest BCUT2D eigenvalue weighted by Gasteiger charge is -2.14. The minimum Gasteiger partial charge on any atom is -0.369 e. The summed E-state index contributed by atoms with van der Waals surface area (Å²) in [5, 5.41) is 3.34. The quantitative estimate of drug-likeness (QED) is 0.276. The molecule has 0 spiro atoms. The standard InChI is InChI=1S/C28H24N4O2S2/c1-19-9-8-16-31-25(19)30-24(29-15-14-20-10-4-2-5-11-20)22(26(31)33)17-23-27(34)32(28(35)36-23)18-21-12-6-3-7-13-21/h2-13,16-17,29H,14-15,18H2,1H3. The van der Waals surface area contributed by atoms with Crippen LogP contribution in [0.2, 0.25) is 0 Å². The highest BCUT2D eigenvalue weighted by Gasteiger charge is 2.32. The summed E-state index contributed by atoms with van der Waals surface area (Å²) in [6.45, 7) is 2.90. The third kappa shape index (κ3) is 4.96. The average Bonchev–Trinajstić information content (AvgIpc) is 3.15. The molecule has 0 aliphatic carbocycles. The van der Waals surface area contributed by atoms with Gasteiger partial charge < -0.3 is 5.32 Å². The second-order valence-electron chi connectivity index (χ2n) is 8.48. The minimum atomic E-state index is -0.237. The Labute approximate surface area is 218 Å². The van der Waals surface area contributed by atoms with Crippen molar-refractivity contribution in [3.63, 3.8) is 0 Å². The molecule has 6 nitrogen and oxygen atoms in total. The topological polar surface area (TPSA) is 66.7 Å². The highest BCUT2D eigenvalue weighted by atomic mass is 32.2. The number of aryl methyl sites for hydroxylation is 1. The van der Waals surface area contributed by atoms with E-state index in [2.05, 4.69) is 17.4 Å². The SMILES string of the molecule is Cc1cccn2c(=O)c(C=C3SC(=S)N(Cc4ccccc4)C3=O)c(NCCc3ccccc3)nc12. The molecule has 0 radical (unpaired) electrons. The summed E-state index contributed by atoms with van der Waals surface area (Å²) in [7, 11) is 0. The number of benzene rings is 2. The first-order chi connectivity index (χ1) is 17.5. The van der Waals surface area contributed by atoms with Gasteiger partial charge in [-0.25, -0.2) is 4.98 Å². The largest absolute Gasteiger partial charge is 0.369 e. The van der Waals surface area contributed by atoms with E-state index in [1.807, 2.05) is 67.6 Å². The minimum absolute atomic E-state index is 0.210. The number of carbonyl (C=O) groups is 1. The number of thioether (sulfide) groups is 1. The first kappa shape index (κ1) is 24.0. The summed E-state index contributed by atoms with van der Waals surface area (Å²) >= 11 is 6.71. The Morgan fingerprint density at radius 3 is 2.39 bits per heavy atom. The van der Waals surface area contributed by atoms with Crippen LogP contribution in [0.3, 0.4) is 0 Å². The Bertz CT molecular complexity index is 1530. The second kappa shape index (κ2) is 10.5. The van der Waals surface area contributed by atoms with E-state index in [0.717, 1.165) is 17.5 Å². The van der Waals surface area contributed by atoms with Gasteiger partial charge in [-0.15, -0.1) is 0 Å². The van der Waals surface area contributed by atoms with E-state index in [-0.39, 0.29) is 11.5 Å². The molecule has 5 rings (SSSR count). The van der Waals surface area contributed by atoms with Gasteiger partial charge in [-0.3, -0.25) is 18.9 Å². The summed E-state index contributed by atoms with van der Waals surface area (Å²) in [6, 6.07) is 23.6. The molecule has 0 atom stereocenters. The number of pyridine rings is 1. The number of rotatable bonds is 7. The number of carbonyl (C=O) groups excluding carboxylic acids is 1. The van der Waals surface area contributed by atoms with Crippen LogP contribution in [0, 0.1) is 6.92 Å². The third-order valence-corrected chi connectivity index (χ3v) is 7.34. The smallest absolute Gasteiger partial charge is 0.267 e. The molecule has 8 heteroatoms. The summed E-state index contributed by atoms with van der Waals surface area (Å²) < 4.78 is 1.99. The Morgan fingerprint density at radius 2 is 1.67 bits per heavy atom. The van der Waals surface area contributed by atoms with E-state index in [1.54, 1.807) is 17.2 Å². The normalized spacial score (nSPS) is 14.7. The second-order valence-corrected chi connectivity index (χ2v) is 10.2. The molecular formula is C28H24N4O2S2. The summed E-state index contributed by atoms with van der Waals surface area (Å²) in [5.74, 6) is 0.247. The van der Waals surface area contributed by atoms with Gasteiger partial charge in [0.15, 0.2) is 0 Å². The molecule has 1 amide bonds. The van der Waals surface area contributed by atoms with E-state index >= 15 is 0 Å². The van der Waals surface area contributed by atoms with Crippen LogP contribution in [0.1, 0.15) is 22.3 Å². The van der Waals surface area contributed by atoms with Crippen LogP contribution < -0.4 is 10.9 Å². The third-order valence-electron chi connectivity index (χ3n) is 5.97. The molecule has 0 bridgehead atoms. The van der Waals surface area contributed by atoms with Gasteiger partial charge in [-0.1, -0.05) is 90.7 Å². The molecule has 2 aromatic carbocycles. The monoisotopic (exact) mass is 512 g/mol. The molecule has 1 fully saturated rings. The lowest BCUT2D eigenvalue weighted by atomic mass is 10.1. The van der Waals surface area contributed by atoms with Crippen LogP contribution in [0.25, 0.3) is 11.7 Å². The van der Waals surface area contributed by atoms with Gasteiger partial charge in [0.2, 0.25) is 0 Å². The zero-order valence-electron chi connectivity index (χ0n) is 19.7. The fourth-order valence-electron chi connectivity index (χ4n) is 4.08. The highest BCUT2D eigenvalue weighted by molar-refractivity contribution is 8.26. The van der Waals surface area contributed by atoms with Crippen molar-refractivity contribution in [3.8, 4) is 0 Å². The van der Waals surface area contributed by atoms with E-state index < -0.39 is 0 Å². The van der Waals surface area contributed by atoms with Crippen LogP contribution in [-0.2, 0) is 17.8 Å². The number of anilines is 1. The van der Waals surface area contributed by atoms with Crippen LogP contribution in [0.15, 0.2) is 88.7 Å². The molecule has 3 heterocycles. The average molecular weight is 513 g/mol. The van der Waals surface area contributed by atoms with Crippen LogP contribution in [0.4, 0.5) is 5.82 Å². The van der Waals surface area contributed by atoms with Crippen molar-refractivity contribution in [1.29, 1.82) is 0 Å². The Kier molecular flexibility index (Phi) is 6.97. The van der Waals surface area contributed by atoms with Crippen LogP contribution in [-0.4, -0.2) is 31.1 Å². The number of nitrogens with one attached hydrogen (secondary N) is 1. The number of hydrogen-bond acceptors (Lipinski definition) is 6. The molecular weight excluding hydrogens is 488 g/mol. The van der Waals surface area contributed by atoms with Crippen molar-refractivity contribution < 1.29 is 4.79 Å².